The molecule has 1 unspecified atom stereocenters. The first-order valence-corrected chi connectivity index (χ1v) is 7.21. The number of nitrogens with zero attached hydrogens (tertiary/aromatic N) is 2. The fourth-order valence-electron chi connectivity index (χ4n) is 3.37. The van der Waals surface area contributed by atoms with Gasteiger partial charge in [-0.2, -0.15) is 0 Å². The average Bonchev–Trinajstić information content (AvgIpc) is 2.63. The maximum absolute atomic E-state index is 5.91. The highest BCUT2D eigenvalue weighted by Gasteiger charge is 2.35. The Balaban J connectivity index is 1.65. The van der Waals surface area contributed by atoms with Gasteiger partial charge in [-0.15, -0.1) is 0 Å². The second-order valence-corrected chi connectivity index (χ2v) is 6.49. The van der Waals surface area contributed by atoms with Crippen molar-refractivity contribution in [1.29, 1.82) is 0 Å². The fourth-order valence-corrected chi connectivity index (χ4v) is 3.37. The van der Waals surface area contributed by atoms with Crippen LogP contribution in [0.3, 0.4) is 0 Å². The van der Waals surface area contributed by atoms with Crippen LogP contribution in [0.5, 0.6) is 0 Å². The Morgan fingerprint density at radius 3 is 2.65 bits per heavy atom. The third-order valence-corrected chi connectivity index (χ3v) is 4.93. The summed E-state index contributed by atoms with van der Waals surface area (Å²) in [5.74, 6) is 0.889. The van der Waals surface area contributed by atoms with E-state index in [2.05, 4.69) is 23.9 Å². The lowest BCUT2D eigenvalue weighted by Gasteiger charge is -2.42. The standard InChI is InChI=1S/C14H29N3/c1-16-8-4-13(10-16)11-17(2)9-7-14(12-15)5-3-6-14/h13H,3-12,15H2,1-2H3. The molecule has 2 fully saturated rings. The Labute approximate surface area is 106 Å². The van der Waals surface area contributed by atoms with Crippen molar-refractivity contribution in [3.05, 3.63) is 0 Å². The van der Waals surface area contributed by atoms with Crippen molar-refractivity contribution >= 4 is 0 Å². The maximum Gasteiger partial charge on any atom is 0.00193 e. The second-order valence-electron chi connectivity index (χ2n) is 6.49. The van der Waals surface area contributed by atoms with Gasteiger partial charge in [-0.25, -0.2) is 0 Å². The van der Waals surface area contributed by atoms with Crippen LogP contribution in [0.15, 0.2) is 0 Å². The Morgan fingerprint density at radius 2 is 2.18 bits per heavy atom. The van der Waals surface area contributed by atoms with Crippen LogP contribution in [-0.2, 0) is 0 Å². The molecular weight excluding hydrogens is 210 g/mol. The largest absolute Gasteiger partial charge is 0.330 e. The third kappa shape index (κ3) is 3.43. The van der Waals surface area contributed by atoms with Crippen LogP contribution in [0.1, 0.15) is 32.1 Å². The highest BCUT2D eigenvalue weighted by molar-refractivity contribution is 4.89. The minimum Gasteiger partial charge on any atom is -0.330 e. The van der Waals surface area contributed by atoms with Gasteiger partial charge in [0.2, 0.25) is 0 Å². The molecule has 100 valence electrons. The van der Waals surface area contributed by atoms with E-state index in [9.17, 15) is 0 Å². The van der Waals surface area contributed by atoms with Crippen LogP contribution in [0, 0.1) is 11.3 Å². The first-order valence-electron chi connectivity index (χ1n) is 7.21. The number of hydrogen-bond acceptors (Lipinski definition) is 3. The van der Waals surface area contributed by atoms with Gasteiger partial charge in [-0.1, -0.05) is 6.42 Å². The van der Waals surface area contributed by atoms with Gasteiger partial charge in [0.05, 0.1) is 0 Å². The average molecular weight is 239 g/mol. The maximum atomic E-state index is 5.91. The highest BCUT2D eigenvalue weighted by atomic mass is 15.1. The van der Waals surface area contributed by atoms with Gasteiger partial charge in [0.15, 0.2) is 0 Å². The molecule has 0 aromatic rings. The normalized spacial score (nSPS) is 28.6. The summed E-state index contributed by atoms with van der Waals surface area (Å²) in [4.78, 5) is 4.98. The molecule has 1 heterocycles. The molecule has 17 heavy (non-hydrogen) atoms. The van der Waals surface area contributed by atoms with E-state index in [0.29, 0.717) is 5.41 Å². The second kappa shape index (κ2) is 5.68. The van der Waals surface area contributed by atoms with Gasteiger partial charge in [-0.3, -0.25) is 0 Å². The molecule has 0 aromatic carbocycles. The Bertz CT molecular complexity index is 232. The van der Waals surface area contributed by atoms with Crippen LogP contribution in [0.2, 0.25) is 0 Å². The van der Waals surface area contributed by atoms with Crippen molar-refractivity contribution < 1.29 is 0 Å². The molecular formula is C14H29N3. The Morgan fingerprint density at radius 1 is 1.41 bits per heavy atom. The summed E-state index contributed by atoms with van der Waals surface area (Å²) in [6.45, 7) is 5.97. The first-order chi connectivity index (χ1) is 8.13. The molecule has 1 atom stereocenters. The molecule has 3 nitrogen and oxygen atoms in total. The van der Waals surface area contributed by atoms with Crippen LogP contribution < -0.4 is 5.73 Å². The van der Waals surface area contributed by atoms with Crippen molar-refractivity contribution in [2.45, 2.75) is 32.1 Å². The van der Waals surface area contributed by atoms with Crippen LogP contribution in [0.4, 0.5) is 0 Å². The van der Waals surface area contributed by atoms with E-state index in [1.54, 1.807) is 0 Å². The van der Waals surface area contributed by atoms with Gasteiger partial charge in [0.1, 0.15) is 0 Å². The minimum absolute atomic E-state index is 0.515. The Hall–Kier alpha value is -0.120. The molecule has 1 aliphatic carbocycles. The summed E-state index contributed by atoms with van der Waals surface area (Å²) in [6, 6.07) is 0. The van der Waals surface area contributed by atoms with Crippen LogP contribution >= 0.6 is 0 Å². The number of likely N-dealkylation sites (tertiary alicyclic amines) is 1. The molecule has 2 aliphatic rings. The van der Waals surface area contributed by atoms with Crippen LogP contribution in [-0.4, -0.2) is 56.6 Å². The number of rotatable bonds is 6. The predicted molar refractivity (Wildman–Crippen MR) is 73.1 cm³/mol. The Kier molecular flexibility index (Phi) is 4.45. The van der Waals surface area contributed by atoms with Crippen molar-refractivity contribution in [3.63, 3.8) is 0 Å². The lowest BCUT2D eigenvalue weighted by molar-refractivity contribution is 0.108. The topological polar surface area (TPSA) is 32.5 Å². The van der Waals surface area contributed by atoms with Crippen molar-refractivity contribution in [3.8, 4) is 0 Å². The van der Waals surface area contributed by atoms with Gasteiger partial charge < -0.3 is 15.5 Å². The zero-order valence-electron chi connectivity index (χ0n) is 11.6. The zero-order chi connectivity index (χ0) is 12.3. The van der Waals surface area contributed by atoms with Gasteiger partial charge in [0, 0.05) is 13.1 Å². The lowest BCUT2D eigenvalue weighted by Crippen LogP contribution is -2.40. The van der Waals surface area contributed by atoms with Gasteiger partial charge in [0.25, 0.3) is 0 Å². The van der Waals surface area contributed by atoms with Gasteiger partial charge in [-0.05, 0) is 70.7 Å². The molecule has 0 bridgehead atoms. The predicted octanol–water partition coefficient (Wildman–Crippen LogP) is 1.39. The number of nitrogens with two attached hydrogens (primary N) is 1. The first kappa shape index (κ1) is 13.3. The van der Waals surface area contributed by atoms with E-state index in [1.807, 2.05) is 0 Å². The third-order valence-electron chi connectivity index (χ3n) is 4.93. The fraction of sp³-hybridized carbons (Fsp3) is 1.00. The summed E-state index contributed by atoms with van der Waals surface area (Å²) in [7, 11) is 4.51. The molecule has 1 saturated heterocycles. The zero-order valence-corrected chi connectivity index (χ0v) is 11.6. The summed E-state index contributed by atoms with van der Waals surface area (Å²) in [5.41, 5.74) is 6.43. The van der Waals surface area contributed by atoms with E-state index in [-0.39, 0.29) is 0 Å². The molecule has 0 spiro atoms. The monoisotopic (exact) mass is 239 g/mol. The molecule has 0 aromatic heterocycles. The highest BCUT2D eigenvalue weighted by Crippen LogP contribution is 2.42. The molecule has 1 saturated carbocycles. The summed E-state index contributed by atoms with van der Waals surface area (Å²) in [6.07, 6.45) is 6.81. The summed E-state index contributed by atoms with van der Waals surface area (Å²) >= 11 is 0. The van der Waals surface area contributed by atoms with Crippen molar-refractivity contribution in [2.24, 2.45) is 17.1 Å². The minimum atomic E-state index is 0.515. The molecule has 0 amide bonds. The molecule has 2 N–H and O–H groups in total. The van der Waals surface area contributed by atoms with E-state index in [0.717, 1.165) is 12.5 Å². The van der Waals surface area contributed by atoms with Crippen molar-refractivity contribution in [1.82, 2.24) is 9.80 Å². The van der Waals surface area contributed by atoms with Crippen LogP contribution in [0.25, 0.3) is 0 Å². The van der Waals surface area contributed by atoms with E-state index in [1.165, 1.54) is 58.3 Å². The molecule has 1 aliphatic heterocycles. The van der Waals surface area contributed by atoms with Crippen molar-refractivity contribution in [2.75, 3.05) is 46.8 Å². The summed E-state index contributed by atoms with van der Waals surface area (Å²) < 4.78 is 0. The van der Waals surface area contributed by atoms with E-state index >= 15 is 0 Å². The van der Waals surface area contributed by atoms with Gasteiger partial charge >= 0.3 is 0 Å². The van der Waals surface area contributed by atoms with E-state index in [4.69, 9.17) is 5.73 Å². The van der Waals surface area contributed by atoms with E-state index < -0.39 is 0 Å². The smallest absolute Gasteiger partial charge is 0.00193 e. The SMILES string of the molecule is CN1CCC(CN(C)CCC2(CN)CCC2)C1. The molecule has 0 radical (unpaired) electrons. The lowest BCUT2D eigenvalue weighted by atomic mass is 9.66. The quantitative estimate of drug-likeness (QED) is 0.760. The molecule has 3 heteroatoms. The summed E-state index contributed by atoms with van der Waals surface area (Å²) in [5, 5.41) is 0. The number of hydrogen-bond donors (Lipinski definition) is 1. The molecule has 2 rings (SSSR count).